The molecule has 2 rings (SSSR count). The average molecular weight is 329 g/mol. The van der Waals surface area contributed by atoms with Gasteiger partial charge in [0.15, 0.2) is 0 Å². The van der Waals surface area contributed by atoms with Crippen LogP contribution in [0.4, 0.5) is 4.39 Å². The minimum Gasteiger partial charge on any atom is -0.356 e. The van der Waals surface area contributed by atoms with E-state index >= 15 is 0 Å². The van der Waals surface area contributed by atoms with E-state index in [4.69, 9.17) is 0 Å². The Labute approximate surface area is 121 Å². The summed E-state index contributed by atoms with van der Waals surface area (Å²) in [6, 6.07) is 4.87. The van der Waals surface area contributed by atoms with E-state index in [1.807, 2.05) is 0 Å². The van der Waals surface area contributed by atoms with Crippen molar-refractivity contribution in [3.63, 3.8) is 0 Å². The van der Waals surface area contributed by atoms with Crippen molar-refractivity contribution in [1.29, 1.82) is 0 Å². The molecule has 1 heterocycles. The van der Waals surface area contributed by atoms with Crippen LogP contribution in [0.25, 0.3) is 0 Å². The molecule has 1 saturated heterocycles. The van der Waals surface area contributed by atoms with Gasteiger partial charge in [-0.1, -0.05) is 15.9 Å². The summed E-state index contributed by atoms with van der Waals surface area (Å²) in [5, 5.41) is 6.13. The molecular formula is C14H18BrFN2O. The van der Waals surface area contributed by atoms with Crippen LogP contribution in [0.3, 0.4) is 0 Å². The molecular weight excluding hydrogens is 311 g/mol. The first kappa shape index (κ1) is 14.5. The van der Waals surface area contributed by atoms with Crippen LogP contribution in [0.2, 0.25) is 0 Å². The predicted molar refractivity (Wildman–Crippen MR) is 76.4 cm³/mol. The fourth-order valence-corrected chi connectivity index (χ4v) is 2.69. The monoisotopic (exact) mass is 328 g/mol. The van der Waals surface area contributed by atoms with Gasteiger partial charge in [-0.2, -0.15) is 0 Å². The number of benzene rings is 1. The Kier molecular flexibility index (Phi) is 5.34. The number of nitrogens with one attached hydrogen (secondary N) is 2. The quantitative estimate of drug-likeness (QED) is 0.890. The Hall–Kier alpha value is -0.940. The zero-order chi connectivity index (χ0) is 13.7. The third-order valence-corrected chi connectivity index (χ3v) is 3.90. The van der Waals surface area contributed by atoms with Gasteiger partial charge in [0.05, 0.1) is 0 Å². The molecule has 3 nitrogen and oxygen atoms in total. The minimum absolute atomic E-state index is 0.0944. The first-order valence-electron chi connectivity index (χ1n) is 6.59. The number of carbonyl (C=O) groups excluding carboxylic acids is 1. The van der Waals surface area contributed by atoms with Crippen LogP contribution in [0, 0.1) is 11.7 Å². The Morgan fingerprint density at radius 3 is 2.89 bits per heavy atom. The summed E-state index contributed by atoms with van der Waals surface area (Å²) in [6.07, 6.45) is 2.29. The highest BCUT2D eigenvalue weighted by Crippen LogP contribution is 2.16. The third kappa shape index (κ3) is 4.28. The van der Waals surface area contributed by atoms with E-state index in [0.29, 0.717) is 18.5 Å². The minimum atomic E-state index is -0.223. The molecule has 1 aliphatic rings. The van der Waals surface area contributed by atoms with Crippen LogP contribution in [0.1, 0.15) is 18.4 Å². The van der Waals surface area contributed by atoms with Crippen molar-refractivity contribution < 1.29 is 9.18 Å². The van der Waals surface area contributed by atoms with Crippen molar-refractivity contribution in [2.24, 2.45) is 5.92 Å². The Morgan fingerprint density at radius 1 is 1.42 bits per heavy atom. The lowest BCUT2D eigenvalue weighted by Crippen LogP contribution is -2.38. The number of amides is 1. The van der Waals surface area contributed by atoms with Crippen molar-refractivity contribution in [1.82, 2.24) is 10.6 Å². The molecule has 0 bridgehead atoms. The summed E-state index contributed by atoms with van der Waals surface area (Å²) in [5.41, 5.74) is 0.625. The van der Waals surface area contributed by atoms with Crippen LogP contribution < -0.4 is 10.6 Å². The van der Waals surface area contributed by atoms with Crippen molar-refractivity contribution >= 4 is 21.8 Å². The largest absolute Gasteiger partial charge is 0.356 e. The molecule has 1 amide bonds. The molecule has 0 radical (unpaired) electrons. The van der Waals surface area contributed by atoms with E-state index in [0.717, 1.165) is 30.4 Å². The molecule has 1 aromatic rings. The number of piperidine rings is 1. The van der Waals surface area contributed by atoms with Gasteiger partial charge in [-0.05, 0) is 56.1 Å². The smallest absolute Gasteiger partial charge is 0.223 e. The second-order valence-electron chi connectivity index (χ2n) is 4.80. The van der Waals surface area contributed by atoms with Gasteiger partial charge in [-0.15, -0.1) is 0 Å². The highest BCUT2D eigenvalue weighted by Gasteiger charge is 2.20. The van der Waals surface area contributed by atoms with Crippen LogP contribution in [-0.2, 0) is 11.2 Å². The fraction of sp³-hybridized carbons (Fsp3) is 0.500. The number of carbonyl (C=O) groups is 1. The topological polar surface area (TPSA) is 41.1 Å². The van der Waals surface area contributed by atoms with Crippen molar-refractivity contribution in [3.8, 4) is 0 Å². The molecule has 0 spiro atoms. The van der Waals surface area contributed by atoms with E-state index in [1.165, 1.54) is 6.07 Å². The van der Waals surface area contributed by atoms with Crippen molar-refractivity contribution in [2.45, 2.75) is 19.3 Å². The maximum Gasteiger partial charge on any atom is 0.223 e. The summed E-state index contributed by atoms with van der Waals surface area (Å²) in [6.45, 7) is 2.28. The maximum atomic E-state index is 13.5. The van der Waals surface area contributed by atoms with E-state index in [-0.39, 0.29) is 17.6 Å². The van der Waals surface area contributed by atoms with Crippen molar-refractivity contribution in [3.05, 3.63) is 34.1 Å². The molecule has 5 heteroatoms. The molecule has 1 aromatic carbocycles. The summed E-state index contributed by atoms with van der Waals surface area (Å²) in [5.74, 6) is -0.0233. The molecule has 0 unspecified atom stereocenters. The van der Waals surface area contributed by atoms with Gasteiger partial charge in [-0.3, -0.25) is 4.79 Å². The maximum absolute atomic E-state index is 13.5. The van der Waals surface area contributed by atoms with E-state index in [2.05, 4.69) is 26.6 Å². The molecule has 0 aliphatic carbocycles. The number of halogens is 2. The Bertz CT molecular complexity index is 447. The highest BCUT2D eigenvalue weighted by molar-refractivity contribution is 9.10. The number of hydrogen-bond donors (Lipinski definition) is 2. The second kappa shape index (κ2) is 7.01. The second-order valence-corrected chi connectivity index (χ2v) is 5.72. The lowest BCUT2D eigenvalue weighted by molar-refractivity contribution is -0.125. The highest BCUT2D eigenvalue weighted by atomic mass is 79.9. The third-order valence-electron chi connectivity index (χ3n) is 3.41. The van der Waals surface area contributed by atoms with Gasteiger partial charge in [0, 0.05) is 16.9 Å². The summed E-state index contributed by atoms with van der Waals surface area (Å²) >= 11 is 3.32. The molecule has 0 aromatic heterocycles. The van der Waals surface area contributed by atoms with Crippen LogP contribution in [0.15, 0.2) is 22.7 Å². The summed E-state index contributed by atoms with van der Waals surface area (Å²) in [4.78, 5) is 11.9. The molecule has 19 heavy (non-hydrogen) atoms. The summed E-state index contributed by atoms with van der Waals surface area (Å²) < 4.78 is 14.4. The number of hydrogen-bond acceptors (Lipinski definition) is 2. The zero-order valence-corrected chi connectivity index (χ0v) is 12.3. The standard InChI is InChI=1S/C14H18BrFN2O/c15-12-1-2-13(16)11(9-12)5-8-18-14(19)10-3-6-17-7-4-10/h1-2,9-10,17H,3-8H2,(H,18,19). The molecule has 2 N–H and O–H groups in total. The van der Waals surface area contributed by atoms with Crippen LogP contribution >= 0.6 is 15.9 Å². The molecule has 0 atom stereocenters. The van der Waals surface area contributed by atoms with E-state index < -0.39 is 0 Å². The SMILES string of the molecule is O=C(NCCc1cc(Br)ccc1F)C1CCNCC1. The fourth-order valence-electron chi connectivity index (χ4n) is 2.28. The predicted octanol–water partition coefficient (Wildman–Crippen LogP) is 2.25. The summed E-state index contributed by atoms with van der Waals surface area (Å²) in [7, 11) is 0. The lowest BCUT2D eigenvalue weighted by Gasteiger charge is -2.21. The van der Waals surface area contributed by atoms with Crippen molar-refractivity contribution in [2.75, 3.05) is 19.6 Å². The molecule has 0 saturated carbocycles. The molecule has 1 fully saturated rings. The van der Waals surface area contributed by atoms with Gasteiger partial charge < -0.3 is 10.6 Å². The van der Waals surface area contributed by atoms with Gasteiger partial charge in [0.1, 0.15) is 5.82 Å². The Morgan fingerprint density at radius 2 is 2.16 bits per heavy atom. The Balaban J connectivity index is 1.79. The molecule has 1 aliphatic heterocycles. The average Bonchev–Trinajstić information content (AvgIpc) is 2.43. The van der Waals surface area contributed by atoms with Crippen LogP contribution in [-0.4, -0.2) is 25.5 Å². The van der Waals surface area contributed by atoms with Gasteiger partial charge in [0.25, 0.3) is 0 Å². The van der Waals surface area contributed by atoms with Gasteiger partial charge >= 0.3 is 0 Å². The lowest BCUT2D eigenvalue weighted by atomic mass is 9.97. The number of rotatable bonds is 4. The molecule has 104 valence electrons. The van der Waals surface area contributed by atoms with Gasteiger partial charge in [0.2, 0.25) is 5.91 Å². The first-order chi connectivity index (χ1) is 9.16. The first-order valence-corrected chi connectivity index (χ1v) is 7.38. The zero-order valence-electron chi connectivity index (χ0n) is 10.7. The van der Waals surface area contributed by atoms with Crippen LogP contribution in [0.5, 0.6) is 0 Å². The van der Waals surface area contributed by atoms with E-state index in [1.54, 1.807) is 12.1 Å². The van der Waals surface area contributed by atoms with E-state index in [9.17, 15) is 9.18 Å². The van der Waals surface area contributed by atoms with Gasteiger partial charge in [-0.25, -0.2) is 4.39 Å². The normalized spacial score (nSPS) is 16.3.